The molecule has 0 N–H and O–H groups in total. The Morgan fingerprint density at radius 3 is 1.24 bits per heavy atom. The fourth-order valence-corrected chi connectivity index (χ4v) is 0.680. The van der Waals surface area contributed by atoms with Gasteiger partial charge in [0, 0.05) is 0 Å². The summed E-state index contributed by atoms with van der Waals surface area (Å²) in [5, 5.41) is 16.9. The van der Waals surface area contributed by atoms with Crippen molar-refractivity contribution in [3.05, 3.63) is 48.6 Å². The predicted molar refractivity (Wildman–Crippen MR) is 69.1 cm³/mol. The van der Waals surface area contributed by atoms with E-state index < -0.39 is 0 Å². The SMILES string of the molecule is N#C[S-].N#C[S-].[C-]1=CC=CC1.[C-]1=CC=CC1.[Ti+4]. The Labute approximate surface area is 129 Å². The quantitative estimate of drug-likeness (QED) is 0.298. The zero-order chi connectivity index (χ0) is 12.5. The molecule has 2 nitrogen and oxygen atoms in total. The van der Waals surface area contributed by atoms with E-state index in [1.165, 1.54) is 10.8 Å². The van der Waals surface area contributed by atoms with Crippen molar-refractivity contribution in [2.45, 2.75) is 12.8 Å². The molecule has 0 atom stereocenters. The molecule has 0 unspecified atom stereocenters. The van der Waals surface area contributed by atoms with E-state index >= 15 is 0 Å². The minimum atomic E-state index is 0. The molecule has 84 valence electrons. The monoisotopic (exact) mass is 294 g/mol. The van der Waals surface area contributed by atoms with Crippen molar-refractivity contribution >= 4 is 25.3 Å². The molecule has 0 aromatic rings. The zero-order valence-electron chi connectivity index (χ0n) is 9.09. The third-order valence-corrected chi connectivity index (χ3v) is 1.17. The van der Waals surface area contributed by atoms with Gasteiger partial charge in [0.05, 0.1) is 0 Å². The Morgan fingerprint density at radius 1 is 0.882 bits per heavy atom. The first-order valence-corrected chi connectivity index (χ1v) is 5.11. The summed E-state index contributed by atoms with van der Waals surface area (Å²) in [5.74, 6) is 0. The molecular formula is C12H10N2S2Ti. The molecule has 17 heavy (non-hydrogen) atoms. The first-order chi connectivity index (χ1) is 7.83. The van der Waals surface area contributed by atoms with Gasteiger partial charge < -0.3 is 25.3 Å². The van der Waals surface area contributed by atoms with Crippen LogP contribution >= 0.6 is 0 Å². The van der Waals surface area contributed by atoms with Crippen LogP contribution in [0.5, 0.6) is 0 Å². The van der Waals surface area contributed by atoms with Gasteiger partial charge in [0.15, 0.2) is 0 Å². The zero-order valence-corrected chi connectivity index (χ0v) is 12.3. The van der Waals surface area contributed by atoms with Gasteiger partial charge >= 0.3 is 21.7 Å². The Balaban J connectivity index is -0.000000157. The third kappa shape index (κ3) is 31.3. The fraction of sp³-hybridized carbons (Fsp3) is 0.167. The molecular weight excluding hydrogens is 284 g/mol. The van der Waals surface area contributed by atoms with Crippen molar-refractivity contribution in [3.8, 4) is 10.8 Å². The number of allylic oxidation sites excluding steroid dienone is 8. The predicted octanol–water partition coefficient (Wildman–Crippen LogP) is 2.64. The van der Waals surface area contributed by atoms with Crippen LogP contribution in [0.4, 0.5) is 0 Å². The van der Waals surface area contributed by atoms with E-state index in [0.29, 0.717) is 0 Å². The van der Waals surface area contributed by atoms with E-state index in [1.54, 1.807) is 0 Å². The molecule has 0 spiro atoms. The maximum atomic E-state index is 7.13. The van der Waals surface area contributed by atoms with Gasteiger partial charge in [-0.05, 0) is 0 Å². The van der Waals surface area contributed by atoms with Crippen molar-refractivity contribution in [3.63, 3.8) is 0 Å². The van der Waals surface area contributed by atoms with Gasteiger partial charge in [0.25, 0.3) is 0 Å². The average molecular weight is 294 g/mol. The van der Waals surface area contributed by atoms with Gasteiger partial charge in [-0.25, -0.2) is 34.8 Å². The molecule has 0 aromatic heterocycles. The molecule has 0 fully saturated rings. The summed E-state index contributed by atoms with van der Waals surface area (Å²) >= 11 is 7.40. The number of nitriles is 2. The minimum Gasteiger partial charge on any atom is -0.696 e. The fourth-order valence-electron chi connectivity index (χ4n) is 0.680. The summed E-state index contributed by atoms with van der Waals surface area (Å²) in [7, 11) is 0. The van der Waals surface area contributed by atoms with E-state index in [4.69, 9.17) is 10.5 Å². The maximum Gasteiger partial charge on any atom is 4.00 e. The van der Waals surface area contributed by atoms with Crippen molar-refractivity contribution in [1.29, 1.82) is 10.5 Å². The molecule has 0 saturated heterocycles. The molecule has 0 radical (unpaired) electrons. The van der Waals surface area contributed by atoms with Gasteiger partial charge in [-0.15, -0.1) is 12.8 Å². The second kappa shape index (κ2) is 24.4. The number of thiocyanates is 2. The van der Waals surface area contributed by atoms with Crippen LogP contribution in [0, 0.1) is 33.5 Å². The molecule has 0 aliphatic heterocycles. The first kappa shape index (κ1) is 21.4. The average Bonchev–Trinajstić information content (AvgIpc) is 3.00. The van der Waals surface area contributed by atoms with Gasteiger partial charge in [-0.3, -0.25) is 12.2 Å². The van der Waals surface area contributed by atoms with Gasteiger partial charge in [0.2, 0.25) is 0 Å². The molecule has 0 aromatic carbocycles. The van der Waals surface area contributed by atoms with Crippen LogP contribution in [-0.2, 0) is 47.0 Å². The molecule has 0 bridgehead atoms. The van der Waals surface area contributed by atoms with Crippen LogP contribution < -0.4 is 0 Å². The van der Waals surface area contributed by atoms with Crippen molar-refractivity contribution in [2.24, 2.45) is 0 Å². The summed E-state index contributed by atoms with van der Waals surface area (Å²) in [6, 6.07) is 0. The number of hydrogen-bond acceptors (Lipinski definition) is 4. The maximum absolute atomic E-state index is 7.13. The first-order valence-electron chi connectivity index (χ1n) is 4.29. The molecule has 5 heteroatoms. The smallest absolute Gasteiger partial charge is 0.696 e. The van der Waals surface area contributed by atoms with Crippen LogP contribution in [0.25, 0.3) is 0 Å². The second-order valence-electron chi connectivity index (χ2n) is 2.19. The van der Waals surface area contributed by atoms with Crippen LogP contribution in [-0.4, -0.2) is 0 Å². The summed E-state index contributed by atoms with van der Waals surface area (Å²) in [5.41, 5.74) is 0. The van der Waals surface area contributed by atoms with Crippen LogP contribution in [0.2, 0.25) is 0 Å². The van der Waals surface area contributed by atoms with E-state index in [2.05, 4.69) is 49.6 Å². The van der Waals surface area contributed by atoms with E-state index in [9.17, 15) is 0 Å². The second-order valence-corrected chi connectivity index (χ2v) is 2.55. The normalized spacial score (nSPS) is 11.2. The molecule has 0 saturated carbocycles. The summed E-state index contributed by atoms with van der Waals surface area (Å²) in [6.07, 6.45) is 20.0. The molecule has 0 heterocycles. The van der Waals surface area contributed by atoms with E-state index in [0.717, 1.165) is 12.8 Å². The number of hydrogen-bond donors (Lipinski definition) is 0. The molecule has 2 aliphatic carbocycles. The Morgan fingerprint density at radius 2 is 1.18 bits per heavy atom. The van der Waals surface area contributed by atoms with Crippen LogP contribution in [0.1, 0.15) is 12.8 Å². The Hall–Kier alpha value is -0.906. The number of rotatable bonds is 0. The topological polar surface area (TPSA) is 47.6 Å². The Bertz CT molecular complexity index is 279. The van der Waals surface area contributed by atoms with Gasteiger partial charge in [0.1, 0.15) is 0 Å². The van der Waals surface area contributed by atoms with E-state index in [-0.39, 0.29) is 21.7 Å². The van der Waals surface area contributed by atoms with Gasteiger partial charge in [-0.1, -0.05) is 10.8 Å². The Kier molecular flexibility index (Phi) is 30.6. The summed E-state index contributed by atoms with van der Waals surface area (Å²) in [6.45, 7) is 0. The molecule has 0 amide bonds. The van der Waals surface area contributed by atoms with Crippen LogP contribution in [0.3, 0.4) is 0 Å². The third-order valence-electron chi connectivity index (χ3n) is 1.17. The standard InChI is InChI=1S/2C5H5.2CHNS.Ti/c2*1-2-4-5-3-1;2*2-1-3;/h2*1-3H,4H2;2*3H;/q2*-1;;;+4/p-2. The minimum absolute atomic E-state index is 0. The molecule has 2 aliphatic rings. The summed E-state index contributed by atoms with van der Waals surface area (Å²) in [4.78, 5) is 0. The van der Waals surface area contributed by atoms with E-state index in [1.807, 2.05) is 24.3 Å². The van der Waals surface area contributed by atoms with Crippen molar-refractivity contribution in [1.82, 2.24) is 0 Å². The van der Waals surface area contributed by atoms with Crippen LogP contribution in [0.15, 0.2) is 36.5 Å². The largest absolute Gasteiger partial charge is 4.00 e. The number of nitrogens with zero attached hydrogens (tertiary/aromatic N) is 2. The van der Waals surface area contributed by atoms with Gasteiger partial charge in [-0.2, -0.15) is 12.2 Å². The van der Waals surface area contributed by atoms with Crippen molar-refractivity contribution in [2.75, 3.05) is 0 Å². The van der Waals surface area contributed by atoms with Crippen molar-refractivity contribution < 1.29 is 21.7 Å². The molecule has 2 rings (SSSR count). The summed E-state index contributed by atoms with van der Waals surface area (Å²) < 4.78 is 0.